The fraction of sp³-hybridized carbons (Fsp3) is 0.714. The number of esters is 1. The maximum absolute atomic E-state index is 11.7. The van der Waals surface area contributed by atoms with Crippen molar-refractivity contribution in [3.05, 3.63) is 0 Å². The molecule has 6 heteroatoms. The molecule has 0 aliphatic carbocycles. The first-order valence-electron chi connectivity index (χ1n) is 3.80. The summed E-state index contributed by atoms with van der Waals surface area (Å²) in [7, 11) is 0. The highest BCUT2D eigenvalue weighted by atomic mass is 19.1. The normalized spacial score (nSPS) is 12.2. The van der Waals surface area contributed by atoms with Gasteiger partial charge in [0.25, 0.3) is 0 Å². The van der Waals surface area contributed by atoms with E-state index in [1.54, 1.807) is 0 Å². The van der Waals surface area contributed by atoms with E-state index in [0.29, 0.717) is 0 Å². The van der Waals surface area contributed by atoms with Crippen molar-refractivity contribution in [3.63, 3.8) is 0 Å². The number of amides is 1. The van der Waals surface area contributed by atoms with Crippen molar-refractivity contribution in [2.45, 2.75) is 25.4 Å². The average molecular weight is 193 g/mol. The van der Waals surface area contributed by atoms with E-state index < -0.39 is 24.8 Å². The minimum atomic E-state index is -1.16. The largest absolute Gasteiger partial charge is 0.412 e. The van der Waals surface area contributed by atoms with E-state index in [1.807, 2.05) is 0 Å². The summed E-state index contributed by atoms with van der Waals surface area (Å²) in [4.78, 5) is 20.7. The zero-order valence-corrected chi connectivity index (χ0v) is 7.03. The number of halogens is 1. The Labute approximate surface area is 74.7 Å². The predicted molar refractivity (Wildman–Crippen MR) is 41.5 cm³/mol. The van der Waals surface area contributed by atoms with Crippen molar-refractivity contribution in [2.24, 2.45) is 5.73 Å². The molecule has 76 valence electrons. The molecule has 0 aliphatic heterocycles. The summed E-state index contributed by atoms with van der Waals surface area (Å²) in [5.74, 6) is -0.765. The predicted octanol–water partition coefficient (Wildman–Crippen LogP) is 0.109. The van der Waals surface area contributed by atoms with Crippen LogP contribution in [-0.4, -0.2) is 29.9 Å². The number of ether oxygens (including phenoxy) is 1. The second-order valence-electron chi connectivity index (χ2n) is 2.49. The quantitative estimate of drug-likeness (QED) is 0.479. The van der Waals surface area contributed by atoms with E-state index in [1.165, 1.54) is 0 Å². The number of aliphatic hydroxyl groups is 1. The summed E-state index contributed by atoms with van der Waals surface area (Å²) in [6.45, 7) is -0.842. The van der Waals surface area contributed by atoms with Crippen LogP contribution < -0.4 is 5.73 Å². The van der Waals surface area contributed by atoms with E-state index in [4.69, 9.17) is 5.11 Å². The van der Waals surface area contributed by atoms with Crippen LogP contribution in [0, 0.1) is 0 Å². The number of rotatable bonds is 5. The molecule has 0 saturated heterocycles. The van der Waals surface area contributed by atoms with Crippen LogP contribution in [0.15, 0.2) is 0 Å². The summed E-state index contributed by atoms with van der Waals surface area (Å²) in [5.41, 5.74) is 4.56. The average Bonchev–Trinajstić information content (AvgIpc) is 2.02. The molecule has 1 unspecified atom stereocenters. The van der Waals surface area contributed by atoms with Crippen LogP contribution in [-0.2, 0) is 9.53 Å². The Balaban J connectivity index is 3.42. The molecule has 0 rings (SSSR count). The number of carbonyl (C=O) groups is 2. The van der Waals surface area contributed by atoms with Gasteiger partial charge in [-0.15, -0.1) is 0 Å². The number of nitrogens with two attached hydrogens (primary N) is 1. The molecule has 0 fully saturated rings. The van der Waals surface area contributed by atoms with Gasteiger partial charge in [0.2, 0.25) is 0 Å². The maximum atomic E-state index is 11.7. The summed E-state index contributed by atoms with van der Waals surface area (Å²) in [5, 5.41) is 8.73. The van der Waals surface area contributed by atoms with Gasteiger partial charge in [-0.1, -0.05) is 0 Å². The van der Waals surface area contributed by atoms with Crippen LogP contribution in [0.1, 0.15) is 19.3 Å². The van der Waals surface area contributed by atoms with Gasteiger partial charge >= 0.3 is 12.1 Å². The van der Waals surface area contributed by atoms with Crippen LogP contribution in [0.5, 0.6) is 0 Å². The van der Waals surface area contributed by atoms with Crippen molar-refractivity contribution in [3.8, 4) is 0 Å². The molecule has 13 heavy (non-hydrogen) atoms. The molecule has 1 amide bonds. The molecule has 1 atom stereocenters. The fourth-order valence-corrected chi connectivity index (χ4v) is 0.722. The van der Waals surface area contributed by atoms with Crippen molar-refractivity contribution in [1.29, 1.82) is 0 Å². The molecule has 0 aromatic rings. The molecule has 0 spiro atoms. The topological polar surface area (TPSA) is 89.6 Å². The van der Waals surface area contributed by atoms with Gasteiger partial charge in [0.15, 0.2) is 0 Å². The monoisotopic (exact) mass is 193 g/mol. The summed E-state index contributed by atoms with van der Waals surface area (Å²) < 4.78 is 15.7. The van der Waals surface area contributed by atoms with Crippen LogP contribution >= 0.6 is 0 Å². The van der Waals surface area contributed by atoms with Crippen LogP contribution in [0.3, 0.4) is 0 Å². The highest BCUT2D eigenvalue weighted by Gasteiger charge is 2.08. The molecule has 0 aromatic carbocycles. The fourth-order valence-electron chi connectivity index (χ4n) is 0.722. The molecule has 0 radical (unpaired) electrons. The van der Waals surface area contributed by atoms with Crippen LogP contribution in [0.25, 0.3) is 0 Å². The SMILES string of the molecule is NC(=O)OC(=O)CCCC(O)CF. The van der Waals surface area contributed by atoms with Gasteiger partial charge in [-0.25, -0.2) is 9.18 Å². The van der Waals surface area contributed by atoms with Gasteiger partial charge in [-0.2, -0.15) is 0 Å². The summed E-state index contributed by atoms with van der Waals surface area (Å²) >= 11 is 0. The third-order valence-corrected chi connectivity index (χ3v) is 1.31. The van der Waals surface area contributed by atoms with Gasteiger partial charge in [0, 0.05) is 6.42 Å². The van der Waals surface area contributed by atoms with Gasteiger partial charge in [0.1, 0.15) is 6.67 Å². The molecule has 0 aromatic heterocycles. The number of hydrogen-bond acceptors (Lipinski definition) is 4. The lowest BCUT2D eigenvalue weighted by atomic mass is 10.2. The molecule has 0 heterocycles. The zero-order chi connectivity index (χ0) is 10.3. The second-order valence-corrected chi connectivity index (χ2v) is 2.49. The Bertz CT molecular complexity index is 185. The lowest BCUT2D eigenvalue weighted by Crippen LogP contribution is -2.18. The Morgan fingerprint density at radius 1 is 1.54 bits per heavy atom. The van der Waals surface area contributed by atoms with E-state index in [2.05, 4.69) is 10.5 Å². The second kappa shape index (κ2) is 6.36. The Morgan fingerprint density at radius 3 is 2.62 bits per heavy atom. The lowest BCUT2D eigenvalue weighted by Gasteiger charge is -2.03. The molecule has 0 aliphatic rings. The molecule has 5 nitrogen and oxygen atoms in total. The first-order chi connectivity index (χ1) is 6.06. The third kappa shape index (κ3) is 7.20. The van der Waals surface area contributed by atoms with Crippen molar-refractivity contribution in [1.82, 2.24) is 0 Å². The van der Waals surface area contributed by atoms with Crippen molar-refractivity contribution < 1.29 is 23.8 Å². The molecule has 0 bridgehead atoms. The molecular formula is C7H12FNO4. The minimum absolute atomic E-state index is 0.0556. The first kappa shape index (κ1) is 11.8. The van der Waals surface area contributed by atoms with Gasteiger partial charge in [-0.05, 0) is 12.8 Å². The van der Waals surface area contributed by atoms with Crippen LogP contribution in [0.2, 0.25) is 0 Å². The first-order valence-corrected chi connectivity index (χ1v) is 3.80. The lowest BCUT2D eigenvalue weighted by molar-refractivity contribution is -0.137. The Morgan fingerprint density at radius 2 is 2.15 bits per heavy atom. The maximum Gasteiger partial charge on any atom is 0.412 e. The van der Waals surface area contributed by atoms with E-state index in [-0.39, 0.29) is 19.3 Å². The highest BCUT2D eigenvalue weighted by Crippen LogP contribution is 2.02. The Hall–Kier alpha value is -1.17. The Kier molecular flexibility index (Phi) is 5.79. The van der Waals surface area contributed by atoms with Gasteiger partial charge < -0.3 is 15.6 Å². The molecule has 0 saturated carbocycles. The smallest absolute Gasteiger partial charge is 0.390 e. The standard InChI is InChI=1S/C7H12FNO4/c8-4-5(10)2-1-3-6(11)13-7(9)12/h5,10H,1-4H2,(H2,9,12). The number of primary amides is 1. The summed E-state index contributed by atoms with van der Waals surface area (Å²) in [6.07, 6.45) is -1.85. The van der Waals surface area contributed by atoms with Gasteiger partial charge in [-0.3, -0.25) is 4.79 Å². The number of aliphatic hydroxyl groups excluding tert-OH is 1. The van der Waals surface area contributed by atoms with Gasteiger partial charge in [0.05, 0.1) is 6.10 Å². The summed E-state index contributed by atoms with van der Waals surface area (Å²) in [6, 6.07) is 0. The molecular weight excluding hydrogens is 181 g/mol. The highest BCUT2D eigenvalue weighted by molar-refractivity contribution is 5.83. The zero-order valence-electron chi connectivity index (χ0n) is 7.03. The van der Waals surface area contributed by atoms with E-state index >= 15 is 0 Å². The number of carbonyl (C=O) groups excluding carboxylic acids is 2. The van der Waals surface area contributed by atoms with Crippen molar-refractivity contribution in [2.75, 3.05) is 6.67 Å². The molecule has 3 N–H and O–H groups in total. The van der Waals surface area contributed by atoms with E-state index in [0.717, 1.165) is 0 Å². The minimum Gasteiger partial charge on any atom is -0.390 e. The third-order valence-electron chi connectivity index (χ3n) is 1.31. The van der Waals surface area contributed by atoms with Crippen LogP contribution in [0.4, 0.5) is 9.18 Å². The van der Waals surface area contributed by atoms with E-state index in [9.17, 15) is 14.0 Å². The number of hydrogen-bond donors (Lipinski definition) is 2. The number of alkyl halides is 1. The van der Waals surface area contributed by atoms with Crippen molar-refractivity contribution >= 4 is 12.1 Å².